The lowest BCUT2D eigenvalue weighted by Gasteiger charge is -2.32. The zero-order valence-electron chi connectivity index (χ0n) is 9.18. The second-order valence-corrected chi connectivity index (χ2v) is 4.60. The van der Waals surface area contributed by atoms with Crippen LogP contribution in [0.4, 0.5) is 5.69 Å². The van der Waals surface area contributed by atoms with E-state index in [4.69, 9.17) is 4.79 Å². The van der Waals surface area contributed by atoms with Crippen LogP contribution in [0, 0.1) is 0 Å². The van der Waals surface area contributed by atoms with Crippen molar-refractivity contribution in [3.63, 3.8) is 0 Å². The normalized spacial score (nSPS) is 23.7. The molecule has 4 nitrogen and oxygen atoms in total. The zero-order valence-corrected chi connectivity index (χ0v) is 10.00. The third-order valence-corrected chi connectivity index (χ3v) is 3.59. The molecule has 0 aromatic carbocycles. The number of carbonyl (C=O) groups excluding carboxylic acids is 1. The van der Waals surface area contributed by atoms with Gasteiger partial charge in [0.15, 0.2) is 0 Å². The number of carbonyl (C=O) groups is 2. The quantitative estimate of drug-likeness (QED) is 0.860. The Morgan fingerprint density at radius 2 is 2.31 bits per heavy atom. The van der Waals surface area contributed by atoms with Crippen LogP contribution in [0.2, 0.25) is 0 Å². The average molecular weight is 241 g/mol. The maximum absolute atomic E-state index is 11.2. The summed E-state index contributed by atoms with van der Waals surface area (Å²) in [6.07, 6.45) is 1.69. The molecule has 1 aromatic heterocycles. The van der Waals surface area contributed by atoms with Gasteiger partial charge >= 0.3 is 5.97 Å². The van der Waals surface area contributed by atoms with Crippen LogP contribution < -0.4 is 4.90 Å². The second kappa shape index (κ2) is 5.12. The fourth-order valence-electron chi connectivity index (χ4n) is 2.01. The van der Waals surface area contributed by atoms with Crippen molar-refractivity contribution in [3.05, 3.63) is 16.8 Å². The van der Waals surface area contributed by atoms with Gasteiger partial charge in [-0.1, -0.05) is 0 Å². The summed E-state index contributed by atoms with van der Waals surface area (Å²) < 4.78 is 0. The lowest BCUT2D eigenvalue weighted by atomic mass is 9.99. The summed E-state index contributed by atoms with van der Waals surface area (Å²) in [5.74, 6) is -0.721. The van der Waals surface area contributed by atoms with Crippen molar-refractivity contribution in [1.29, 1.82) is 0 Å². The van der Waals surface area contributed by atoms with Gasteiger partial charge in [-0.15, -0.1) is 0 Å². The van der Waals surface area contributed by atoms with Crippen molar-refractivity contribution < 1.29 is 14.7 Å². The molecule has 1 aliphatic heterocycles. The molecular weight excluding hydrogens is 226 g/mol. The van der Waals surface area contributed by atoms with Crippen molar-refractivity contribution in [1.82, 2.24) is 0 Å². The first-order valence-corrected chi connectivity index (χ1v) is 5.91. The standard InChI is InChI=1S/C10H13NO2S.CH2O/c1-10(9(12)13)4-2-5-11(10)8-3-6-14-7-8;1-2/h3,6-7H,2,4-5H2,1H3,(H,12,13);1H2. The van der Waals surface area contributed by atoms with Crippen LogP contribution in [0.3, 0.4) is 0 Å². The molecule has 0 saturated carbocycles. The Morgan fingerprint density at radius 1 is 1.62 bits per heavy atom. The van der Waals surface area contributed by atoms with Gasteiger partial charge < -0.3 is 14.8 Å². The van der Waals surface area contributed by atoms with Gasteiger partial charge in [0.05, 0.1) is 0 Å². The van der Waals surface area contributed by atoms with Gasteiger partial charge in [-0.25, -0.2) is 4.79 Å². The molecule has 1 unspecified atom stereocenters. The van der Waals surface area contributed by atoms with Crippen LogP contribution in [0.25, 0.3) is 0 Å². The predicted molar refractivity (Wildman–Crippen MR) is 64.1 cm³/mol. The van der Waals surface area contributed by atoms with Crippen LogP contribution in [-0.4, -0.2) is 29.9 Å². The summed E-state index contributed by atoms with van der Waals surface area (Å²) in [7, 11) is 0. The van der Waals surface area contributed by atoms with Gasteiger partial charge in [0.1, 0.15) is 12.3 Å². The molecule has 1 aliphatic rings. The van der Waals surface area contributed by atoms with Crippen LogP contribution in [0.1, 0.15) is 19.8 Å². The van der Waals surface area contributed by atoms with E-state index in [0.29, 0.717) is 0 Å². The monoisotopic (exact) mass is 241 g/mol. The number of rotatable bonds is 2. The SMILES string of the molecule is C=O.CC1(C(=O)O)CCCN1c1ccsc1. The minimum Gasteiger partial charge on any atom is -0.480 e. The van der Waals surface area contributed by atoms with E-state index in [1.165, 1.54) is 0 Å². The number of thiophene rings is 1. The van der Waals surface area contributed by atoms with E-state index >= 15 is 0 Å². The Balaban J connectivity index is 0.000000606. The number of carboxylic acids is 1. The minimum atomic E-state index is -0.721. The third kappa shape index (κ3) is 2.09. The summed E-state index contributed by atoms with van der Waals surface area (Å²) in [6, 6.07) is 1.98. The molecule has 88 valence electrons. The maximum atomic E-state index is 11.2. The molecule has 1 fully saturated rings. The zero-order chi connectivity index (χ0) is 12.2. The predicted octanol–water partition coefficient (Wildman–Crippen LogP) is 2.01. The molecule has 1 aromatic rings. The van der Waals surface area contributed by atoms with Gasteiger partial charge in [0.25, 0.3) is 0 Å². The molecule has 0 amide bonds. The number of hydrogen-bond acceptors (Lipinski definition) is 4. The van der Waals surface area contributed by atoms with E-state index in [9.17, 15) is 9.90 Å². The molecule has 5 heteroatoms. The molecule has 0 aliphatic carbocycles. The highest BCUT2D eigenvalue weighted by atomic mass is 32.1. The number of carboxylic acid groups (broad SMARTS) is 1. The van der Waals surface area contributed by atoms with Gasteiger partial charge in [-0.3, -0.25) is 0 Å². The summed E-state index contributed by atoms with van der Waals surface area (Å²) in [5.41, 5.74) is 0.332. The molecule has 2 rings (SSSR count). The molecule has 1 N–H and O–H groups in total. The van der Waals surface area contributed by atoms with E-state index < -0.39 is 11.5 Å². The molecule has 16 heavy (non-hydrogen) atoms. The van der Waals surface area contributed by atoms with Crippen molar-refractivity contribution in [2.45, 2.75) is 25.3 Å². The van der Waals surface area contributed by atoms with Crippen molar-refractivity contribution >= 4 is 29.8 Å². The minimum absolute atomic E-state index is 0.707. The summed E-state index contributed by atoms with van der Waals surface area (Å²) in [6.45, 7) is 4.65. The van der Waals surface area contributed by atoms with E-state index in [1.54, 1.807) is 18.3 Å². The van der Waals surface area contributed by atoms with Crippen molar-refractivity contribution in [2.75, 3.05) is 11.4 Å². The van der Waals surface area contributed by atoms with E-state index in [-0.39, 0.29) is 0 Å². The Labute approximate surface area is 98.5 Å². The summed E-state index contributed by atoms with van der Waals surface area (Å²) in [5, 5.41) is 13.2. The Morgan fingerprint density at radius 3 is 2.81 bits per heavy atom. The first kappa shape index (κ1) is 12.7. The first-order valence-electron chi connectivity index (χ1n) is 4.97. The summed E-state index contributed by atoms with van der Waals surface area (Å²) in [4.78, 5) is 21.2. The lowest BCUT2D eigenvalue weighted by molar-refractivity contribution is -0.142. The molecular formula is C11H15NO3S. The Kier molecular flexibility index (Phi) is 4.06. The van der Waals surface area contributed by atoms with E-state index in [0.717, 1.165) is 25.1 Å². The number of hydrogen-bond donors (Lipinski definition) is 1. The molecule has 0 bridgehead atoms. The fraction of sp³-hybridized carbons (Fsp3) is 0.455. The van der Waals surface area contributed by atoms with E-state index in [2.05, 4.69) is 0 Å². The number of nitrogens with zero attached hydrogens (tertiary/aromatic N) is 1. The summed E-state index contributed by atoms with van der Waals surface area (Å²) >= 11 is 1.60. The highest BCUT2D eigenvalue weighted by Gasteiger charge is 2.43. The topological polar surface area (TPSA) is 57.6 Å². The van der Waals surface area contributed by atoms with Gasteiger partial charge in [-0.2, -0.15) is 11.3 Å². The highest BCUT2D eigenvalue weighted by Crippen LogP contribution is 2.35. The molecule has 1 saturated heterocycles. The smallest absolute Gasteiger partial charge is 0.329 e. The largest absolute Gasteiger partial charge is 0.480 e. The first-order chi connectivity index (χ1) is 7.64. The Bertz CT molecular complexity index is 352. The maximum Gasteiger partial charge on any atom is 0.329 e. The average Bonchev–Trinajstić information content (AvgIpc) is 2.89. The van der Waals surface area contributed by atoms with Gasteiger partial charge in [-0.05, 0) is 31.2 Å². The van der Waals surface area contributed by atoms with Crippen molar-refractivity contribution in [2.24, 2.45) is 0 Å². The van der Waals surface area contributed by atoms with Crippen LogP contribution >= 0.6 is 11.3 Å². The fourth-order valence-corrected chi connectivity index (χ4v) is 2.65. The molecule has 2 heterocycles. The van der Waals surface area contributed by atoms with Gasteiger partial charge in [0.2, 0.25) is 0 Å². The third-order valence-electron chi connectivity index (χ3n) is 2.92. The van der Waals surface area contributed by atoms with Crippen LogP contribution in [0.15, 0.2) is 16.8 Å². The number of anilines is 1. The van der Waals surface area contributed by atoms with E-state index in [1.807, 2.05) is 28.5 Å². The van der Waals surface area contributed by atoms with Crippen molar-refractivity contribution in [3.8, 4) is 0 Å². The van der Waals surface area contributed by atoms with Gasteiger partial charge in [0, 0.05) is 17.6 Å². The number of aliphatic carboxylic acids is 1. The molecule has 0 radical (unpaired) electrons. The molecule has 1 atom stereocenters. The highest BCUT2D eigenvalue weighted by molar-refractivity contribution is 7.08. The second-order valence-electron chi connectivity index (χ2n) is 3.82. The molecule has 0 spiro atoms. The Hall–Kier alpha value is -1.36. The van der Waals surface area contributed by atoms with Crippen LogP contribution in [0.5, 0.6) is 0 Å². The van der Waals surface area contributed by atoms with Crippen LogP contribution in [-0.2, 0) is 9.59 Å². The lowest BCUT2D eigenvalue weighted by Crippen LogP contribution is -2.48.